The van der Waals surface area contributed by atoms with Crippen LogP contribution >= 0.6 is 0 Å². The standard InChI is InChI=1S/C21H32N2O2/c1-20(2)16(11-15-7-6-8-15)12-17(20)22-19-13-18(23(3)25-19)21(14-24)9-4-5-10-21/h12-13,15-16,24H,4-11,14H2,1-3H3/p+1. The number of aliphatic hydroxyl groups is 1. The van der Waals surface area contributed by atoms with Gasteiger partial charge in [-0.15, -0.1) is 0 Å². The van der Waals surface area contributed by atoms with E-state index in [0.717, 1.165) is 30.3 Å². The third-order valence-corrected chi connectivity index (χ3v) is 7.31. The van der Waals surface area contributed by atoms with Gasteiger partial charge in [0.1, 0.15) is 0 Å². The monoisotopic (exact) mass is 345 g/mol. The third kappa shape index (κ3) is 2.83. The van der Waals surface area contributed by atoms with Crippen LogP contribution in [-0.4, -0.2) is 11.7 Å². The molecule has 3 aliphatic carbocycles. The van der Waals surface area contributed by atoms with Crippen molar-refractivity contribution >= 4 is 5.88 Å². The lowest BCUT2D eigenvalue weighted by Gasteiger charge is -2.46. The van der Waals surface area contributed by atoms with Crippen molar-refractivity contribution in [2.75, 3.05) is 11.9 Å². The molecule has 4 rings (SSSR count). The summed E-state index contributed by atoms with van der Waals surface area (Å²) >= 11 is 0. The van der Waals surface area contributed by atoms with Crippen LogP contribution in [0.25, 0.3) is 0 Å². The van der Waals surface area contributed by atoms with E-state index in [4.69, 9.17) is 4.52 Å². The Labute approximate surface area is 151 Å². The smallest absolute Gasteiger partial charge is 0.279 e. The maximum absolute atomic E-state index is 9.99. The summed E-state index contributed by atoms with van der Waals surface area (Å²) in [5.74, 6) is 2.43. The second-order valence-corrected chi connectivity index (χ2v) is 9.19. The zero-order chi connectivity index (χ0) is 17.7. The minimum atomic E-state index is -0.117. The highest BCUT2D eigenvalue weighted by Crippen LogP contribution is 2.50. The van der Waals surface area contributed by atoms with Crippen LogP contribution < -0.4 is 10.1 Å². The Hall–Kier alpha value is -1.29. The summed E-state index contributed by atoms with van der Waals surface area (Å²) in [5, 5.41) is 13.5. The van der Waals surface area contributed by atoms with E-state index in [2.05, 4.69) is 31.3 Å². The molecular formula is C21H33N2O2+. The van der Waals surface area contributed by atoms with E-state index in [1.54, 1.807) is 0 Å². The molecule has 2 N–H and O–H groups in total. The van der Waals surface area contributed by atoms with Crippen molar-refractivity contribution in [3.63, 3.8) is 0 Å². The minimum Gasteiger partial charge on any atom is -0.395 e. The Morgan fingerprint density at radius 1 is 1.24 bits per heavy atom. The maximum atomic E-state index is 9.99. The van der Waals surface area contributed by atoms with Crippen molar-refractivity contribution < 1.29 is 14.4 Å². The first-order valence-corrected chi connectivity index (χ1v) is 10.1. The van der Waals surface area contributed by atoms with Gasteiger partial charge in [-0.2, -0.15) is 0 Å². The lowest BCUT2D eigenvalue weighted by Crippen LogP contribution is -2.41. The van der Waals surface area contributed by atoms with Crippen molar-refractivity contribution in [2.24, 2.45) is 24.3 Å². The molecule has 1 aromatic rings. The fourth-order valence-electron chi connectivity index (χ4n) is 5.04. The fraction of sp³-hybridized carbons (Fsp3) is 0.762. The molecule has 1 aromatic heterocycles. The van der Waals surface area contributed by atoms with E-state index in [1.807, 2.05) is 11.8 Å². The molecule has 0 radical (unpaired) electrons. The van der Waals surface area contributed by atoms with Gasteiger partial charge in [0.05, 0.1) is 18.1 Å². The highest BCUT2D eigenvalue weighted by Gasteiger charge is 2.45. The molecule has 0 aromatic carbocycles. The number of anilines is 1. The van der Waals surface area contributed by atoms with E-state index < -0.39 is 0 Å². The first-order valence-electron chi connectivity index (χ1n) is 10.1. The third-order valence-electron chi connectivity index (χ3n) is 7.31. The summed E-state index contributed by atoms with van der Waals surface area (Å²) < 4.78 is 7.81. The average molecular weight is 346 g/mol. The van der Waals surface area contributed by atoms with Gasteiger partial charge in [-0.05, 0) is 35.8 Å². The molecule has 0 aliphatic heterocycles. The van der Waals surface area contributed by atoms with Crippen LogP contribution in [0.5, 0.6) is 0 Å². The minimum absolute atomic E-state index is 0.117. The number of hydrogen-bond acceptors (Lipinski definition) is 3. The van der Waals surface area contributed by atoms with Crippen LogP contribution in [0, 0.1) is 17.3 Å². The summed E-state index contributed by atoms with van der Waals surface area (Å²) in [7, 11) is 1.95. The predicted octanol–water partition coefficient (Wildman–Crippen LogP) is 4.05. The highest BCUT2D eigenvalue weighted by atomic mass is 16.5. The molecule has 2 saturated carbocycles. The lowest BCUT2D eigenvalue weighted by atomic mass is 9.61. The van der Waals surface area contributed by atoms with Gasteiger partial charge in [0.15, 0.2) is 7.05 Å². The van der Waals surface area contributed by atoms with Gasteiger partial charge < -0.3 is 10.4 Å². The maximum Gasteiger partial charge on any atom is 0.279 e. The Balaban J connectivity index is 1.48. The number of hydrogen-bond donors (Lipinski definition) is 2. The van der Waals surface area contributed by atoms with Crippen LogP contribution in [0.1, 0.15) is 70.9 Å². The molecule has 1 unspecified atom stereocenters. The second-order valence-electron chi connectivity index (χ2n) is 9.19. The molecule has 138 valence electrons. The average Bonchev–Trinajstić information content (AvgIpc) is 3.15. The van der Waals surface area contributed by atoms with Gasteiger partial charge in [0.2, 0.25) is 5.69 Å². The van der Waals surface area contributed by atoms with Gasteiger partial charge in [-0.1, -0.05) is 52.0 Å². The number of allylic oxidation sites excluding steroid dienone is 2. The van der Waals surface area contributed by atoms with Crippen molar-refractivity contribution in [3.8, 4) is 0 Å². The predicted molar refractivity (Wildman–Crippen MR) is 98.1 cm³/mol. The normalized spacial score (nSPS) is 27.5. The number of aliphatic hydroxyl groups excluding tert-OH is 1. The van der Waals surface area contributed by atoms with Crippen molar-refractivity contribution in [2.45, 2.75) is 70.6 Å². The summed E-state index contributed by atoms with van der Waals surface area (Å²) in [6.45, 7) is 4.89. The van der Waals surface area contributed by atoms with Gasteiger partial charge in [-0.3, -0.25) is 0 Å². The zero-order valence-corrected chi connectivity index (χ0v) is 16.0. The van der Waals surface area contributed by atoms with Gasteiger partial charge >= 0.3 is 0 Å². The van der Waals surface area contributed by atoms with Gasteiger partial charge in [0, 0.05) is 11.1 Å². The zero-order valence-electron chi connectivity index (χ0n) is 16.0. The van der Waals surface area contributed by atoms with E-state index in [1.165, 1.54) is 44.2 Å². The van der Waals surface area contributed by atoms with Crippen LogP contribution in [-0.2, 0) is 12.5 Å². The Morgan fingerprint density at radius 3 is 2.52 bits per heavy atom. The first kappa shape index (κ1) is 17.1. The molecule has 4 nitrogen and oxygen atoms in total. The molecule has 0 amide bonds. The Morgan fingerprint density at radius 2 is 1.96 bits per heavy atom. The first-order chi connectivity index (χ1) is 11.9. The fourth-order valence-corrected chi connectivity index (χ4v) is 5.04. The molecule has 0 saturated heterocycles. The number of aromatic nitrogens is 1. The van der Waals surface area contributed by atoms with E-state index in [-0.39, 0.29) is 17.4 Å². The van der Waals surface area contributed by atoms with Crippen molar-refractivity contribution in [3.05, 3.63) is 23.5 Å². The van der Waals surface area contributed by atoms with E-state index in [9.17, 15) is 5.11 Å². The summed E-state index contributed by atoms with van der Waals surface area (Å²) in [6, 6.07) is 2.11. The number of aryl methyl sites for hydroxylation is 1. The molecule has 1 heterocycles. The van der Waals surface area contributed by atoms with Gasteiger partial charge in [0.25, 0.3) is 5.88 Å². The van der Waals surface area contributed by atoms with Crippen LogP contribution in [0.4, 0.5) is 5.88 Å². The molecule has 0 bridgehead atoms. The van der Waals surface area contributed by atoms with Crippen molar-refractivity contribution in [1.82, 2.24) is 0 Å². The second kappa shape index (κ2) is 6.15. The molecular weight excluding hydrogens is 312 g/mol. The molecule has 0 spiro atoms. The summed E-state index contributed by atoms with van der Waals surface area (Å²) in [5.41, 5.74) is 2.48. The molecule has 2 fully saturated rings. The lowest BCUT2D eigenvalue weighted by molar-refractivity contribution is -0.850. The molecule has 3 aliphatic rings. The summed E-state index contributed by atoms with van der Waals surface area (Å²) in [4.78, 5) is 0. The van der Waals surface area contributed by atoms with Crippen LogP contribution in [0.3, 0.4) is 0 Å². The molecule has 25 heavy (non-hydrogen) atoms. The molecule has 1 atom stereocenters. The number of nitrogens with zero attached hydrogens (tertiary/aromatic N) is 1. The quantitative estimate of drug-likeness (QED) is 0.765. The van der Waals surface area contributed by atoms with E-state index in [0.29, 0.717) is 5.92 Å². The number of rotatable bonds is 6. The summed E-state index contributed by atoms with van der Waals surface area (Å²) in [6.07, 6.45) is 12.5. The van der Waals surface area contributed by atoms with Gasteiger partial charge in [-0.25, -0.2) is 4.52 Å². The van der Waals surface area contributed by atoms with Crippen LogP contribution in [0.2, 0.25) is 0 Å². The number of nitrogens with one attached hydrogen (secondary N) is 1. The van der Waals surface area contributed by atoms with E-state index >= 15 is 0 Å². The SMILES string of the molecule is C[n+]1oc(NC2=CC(CC3CCC3)C2(C)C)cc1C1(CO)CCCC1. The van der Waals surface area contributed by atoms with Crippen LogP contribution in [0.15, 0.2) is 22.4 Å². The Kier molecular flexibility index (Phi) is 4.22. The largest absolute Gasteiger partial charge is 0.395 e. The molecule has 4 heteroatoms. The Bertz CT molecular complexity index is 663. The topological polar surface area (TPSA) is 49.3 Å². The highest BCUT2D eigenvalue weighted by molar-refractivity contribution is 5.46. The van der Waals surface area contributed by atoms with Crippen molar-refractivity contribution in [1.29, 1.82) is 0 Å².